The lowest BCUT2D eigenvalue weighted by molar-refractivity contribution is 0.293. The van der Waals surface area contributed by atoms with Gasteiger partial charge in [-0.05, 0) is 29.8 Å². The zero-order valence-electron chi connectivity index (χ0n) is 9.85. The molecule has 0 saturated heterocycles. The van der Waals surface area contributed by atoms with Gasteiger partial charge in [-0.3, -0.25) is 0 Å². The molecule has 5 heteroatoms. The van der Waals surface area contributed by atoms with E-state index < -0.39 is 5.54 Å². The Morgan fingerprint density at radius 3 is 2.65 bits per heavy atom. The standard InChI is InChI=1S/C12H15BrFNO2/c1-12(2,15)9-10(14)7(13)6-8-11(9)17-5-3-4-16-8/h6H,3-5,15H2,1-2H3. The molecule has 1 aromatic rings. The molecule has 2 N–H and O–H groups in total. The second kappa shape index (κ2) is 4.46. The Bertz CT molecular complexity index is 443. The van der Waals surface area contributed by atoms with Gasteiger partial charge in [0.1, 0.15) is 5.82 Å². The molecule has 0 bridgehead atoms. The van der Waals surface area contributed by atoms with Crippen molar-refractivity contribution in [3.05, 3.63) is 21.9 Å². The molecule has 17 heavy (non-hydrogen) atoms. The summed E-state index contributed by atoms with van der Waals surface area (Å²) < 4.78 is 25.6. The Kier molecular flexibility index (Phi) is 3.32. The first-order valence-electron chi connectivity index (χ1n) is 5.48. The minimum atomic E-state index is -0.828. The van der Waals surface area contributed by atoms with Crippen molar-refractivity contribution in [3.8, 4) is 11.5 Å². The van der Waals surface area contributed by atoms with Gasteiger partial charge in [0.2, 0.25) is 0 Å². The van der Waals surface area contributed by atoms with Crippen molar-refractivity contribution in [1.29, 1.82) is 0 Å². The highest BCUT2D eigenvalue weighted by atomic mass is 79.9. The highest BCUT2D eigenvalue weighted by molar-refractivity contribution is 9.10. The third-order valence-electron chi connectivity index (χ3n) is 2.57. The van der Waals surface area contributed by atoms with E-state index in [0.29, 0.717) is 34.7 Å². The van der Waals surface area contributed by atoms with Crippen LogP contribution in [0.5, 0.6) is 11.5 Å². The molecule has 0 radical (unpaired) electrons. The van der Waals surface area contributed by atoms with Gasteiger partial charge in [0, 0.05) is 18.0 Å². The molecule has 1 aliphatic rings. The van der Waals surface area contributed by atoms with Crippen molar-refractivity contribution >= 4 is 15.9 Å². The molecule has 1 heterocycles. The van der Waals surface area contributed by atoms with E-state index in [2.05, 4.69) is 15.9 Å². The molecule has 0 atom stereocenters. The topological polar surface area (TPSA) is 44.5 Å². The van der Waals surface area contributed by atoms with Crippen LogP contribution in [0.4, 0.5) is 4.39 Å². The van der Waals surface area contributed by atoms with Gasteiger partial charge in [0.15, 0.2) is 11.5 Å². The van der Waals surface area contributed by atoms with Gasteiger partial charge < -0.3 is 15.2 Å². The average molecular weight is 304 g/mol. The second-order valence-electron chi connectivity index (χ2n) is 4.65. The molecule has 1 aromatic carbocycles. The average Bonchev–Trinajstić information content (AvgIpc) is 2.42. The molecular weight excluding hydrogens is 289 g/mol. The third kappa shape index (κ3) is 2.40. The maximum absolute atomic E-state index is 14.2. The monoisotopic (exact) mass is 303 g/mol. The van der Waals surface area contributed by atoms with Crippen molar-refractivity contribution in [2.75, 3.05) is 13.2 Å². The van der Waals surface area contributed by atoms with E-state index in [9.17, 15) is 4.39 Å². The fraction of sp³-hybridized carbons (Fsp3) is 0.500. The summed E-state index contributed by atoms with van der Waals surface area (Å²) in [6.07, 6.45) is 0.776. The number of halogens is 2. The minimum Gasteiger partial charge on any atom is -0.490 e. The van der Waals surface area contributed by atoms with Crippen LogP contribution in [0.15, 0.2) is 10.5 Å². The highest BCUT2D eigenvalue weighted by Gasteiger charge is 2.30. The number of fused-ring (bicyclic) bond motifs is 1. The van der Waals surface area contributed by atoms with E-state index in [0.717, 1.165) is 6.42 Å². The van der Waals surface area contributed by atoms with Crippen molar-refractivity contribution < 1.29 is 13.9 Å². The number of nitrogens with two attached hydrogens (primary N) is 1. The second-order valence-corrected chi connectivity index (χ2v) is 5.50. The van der Waals surface area contributed by atoms with E-state index in [1.807, 2.05) is 0 Å². The summed E-state index contributed by atoms with van der Waals surface area (Å²) in [5, 5.41) is 0. The predicted octanol–water partition coefficient (Wildman–Crippen LogP) is 2.94. The quantitative estimate of drug-likeness (QED) is 0.867. The van der Waals surface area contributed by atoms with Crippen LogP contribution in [0.25, 0.3) is 0 Å². The summed E-state index contributed by atoms with van der Waals surface area (Å²) in [6.45, 7) is 4.56. The number of rotatable bonds is 1. The molecule has 0 spiro atoms. The third-order valence-corrected chi connectivity index (χ3v) is 3.15. The fourth-order valence-electron chi connectivity index (χ4n) is 1.83. The molecule has 0 amide bonds. The molecule has 0 aliphatic carbocycles. The summed E-state index contributed by atoms with van der Waals surface area (Å²) >= 11 is 3.18. The van der Waals surface area contributed by atoms with Crippen LogP contribution in [0.1, 0.15) is 25.8 Å². The Hall–Kier alpha value is -0.810. The highest BCUT2D eigenvalue weighted by Crippen LogP contribution is 2.42. The number of hydrogen-bond donors (Lipinski definition) is 1. The summed E-state index contributed by atoms with van der Waals surface area (Å²) in [4.78, 5) is 0. The first-order chi connectivity index (χ1) is 7.91. The maximum Gasteiger partial charge on any atom is 0.169 e. The van der Waals surface area contributed by atoms with E-state index in [4.69, 9.17) is 15.2 Å². The number of hydrogen-bond acceptors (Lipinski definition) is 3. The fourth-order valence-corrected chi connectivity index (χ4v) is 2.23. The summed E-state index contributed by atoms with van der Waals surface area (Å²) in [6, 6.07) is 1.59. The number of benzene rings is 1. The lowest BCUT2D eigenvalue weighted by atomic mass is 9.93. The molecule has 0 saturated carbocycles. The van der Waals surface area contributed by atoms with Crippen LogP contribution in [-0.4, -0.2) is 13.2 Å². The molecule has 94 valence electrons. The van der Waals surface area contributed by atoms with E-state index in [1.165, 1.54) is 0 Å². The molecular formula is C12H15BrFNO2. The predicted molar refractivity (Wildman–Crippen MR) is 66.9 cm³/mol. The van der Waals surface area contributed by atoms with Crippen LogP contribution in [0.3, 0.4) is 0 Å². The van der Waals surface area contributed by atoms with Crippen molar-refractivity contribution in [3.63, 3.8) is 0 Å². The lowest BCUT2D eigenvalue weighted by Crippen LogP contribution is -2.31. The van der Waals surface area contributed by atoms with Gasteiger partial charge in [-0.15, -0.1) is 0 Å². The zero-order valence-corrected chi connectivity index (χ0v) is 11.4. The number of ether oxygens (including phenoxy) is 2. The zero-order chi connectivity index (χ0) is 12.6. The SMILES string of the molecule is CC(C)(N)c1c(F)c(Br)cc2c1OCCCO2. The van der Waals surface area contributed by atoms with Gasteiger partial charge in [-0.2, -0.15) is 0 Å². The van der Waals surface area contributed by atoms with Gasteiger partial charge in [0.05, 0.1) is 23.2 Å². The smallest absolute Gasteiger partial charge is 0.169 e. The first-order valence-corrected chi connectivity index (χ1v) is 6.27. The van der Waals surface area contributed by atoms with Crippen LogP contribution >= 0.6 is 15.9 Å². The minimum absolute atomic E-state index is 0.343. The molecule has 2 rings (SSSR count). The molecule has 0 aromatic heterocycles. The maximum atomic E-state index is 14.2. The van der Waals surface area contributed by atoms with Gasteiger partial charge in [-0.1, -0.05) is 0 Å². The van der Waals surface area contributed by atoms with Crippen LogP contribution < -0.4 is 15.2 Å². The summed E-state index contributed by atoms with van der Waals surface area (Å²) in [5.74, 6) is 0.585. The van der Waals surface area contributed by atoms with Crippen molar-refractivity contribution in [2.24, 2.45) is 5.73 Å². The lowest BCUT2D eigenvalue weighted by Gasteiger charge is -2.24. The van der Waals surface area contributed by atoms with Crippen molar-refractivity contribution in [1.82, 2.24) is 0 Å². The first kappa shape index (κ1) is 12.6. The van der Waals surface area contributed by atoms with Crippen LogP contribution in [0, 0.1) is 5.82 Å². The Labute approximate surface area is 108 Å². The van der Waals surface area contributed by atoms with Gasteiger partial charge in [-0.25, -0.2) is 4.39 Å². The Balaban J connectivity index is 2.66. The molecule has 3 nitrogen and oxygen atoms in total. The van der Waals surface area contributed by atoms with Crippen LogP contribution in [0.2, 0.25) is 0 Å². The molecule has 0 unspecified atom stereocenters. The van der Waals surface area contributed by atoms with Gasteiger partial charge >= 0.3 is 0 Å². The Morgan fingerprint density at radius 1 is 1.35 bits per heavy atom. The van der Waals surface area contributed by atoms with Gasteiger partial charge in [0.25, 0.3) is 0 Å². The Morgan fingerprint density at radius 2 is 2.00 bits per heavy atom. The summed E-state index contributed by atoms with van der Waals surface area (Å²) in [5.41, 5.74) is 5.53. The van der Waals surface area contributed by atoms with E-state index in [-0.39, 0.29) is 5.82 Å². The summed E-state index contributed by atoms with van der Waals surface area (Å²) in [7, 11) is 0. The molecule has 1 aliphatic heterocycles. The van der Waals surface area contributed by atoms with Crippen molar-refractivity contribution in [2.45, 2.75) is 25.8 Å². The van der Waals surface area contributed by atoms with E-state index in [1.54, 1.807) is 19.9 Å². The van der Waals surface area contributed by atoms with Crippen LogP contribution in [-0.2, 0) is 5.54 Å². The largest absolute Gasteiger partial charge is 0.490 e. The normalized spacial score (nSPS) is 15.6. The molecule has 0 fully saturated rings. The van der Waals surface area contributed by atoms with E-state index >= 15 is 0 Å².